The number of unbranched alkanes of at least 4 members (excludes halogenated alkanes) is 11. The molecule has 0 aliphatic heterocycles. The molecule has 0 N–H and O–H groups in total. The lowest BCUT2D eigenvalue weighted by molar-refractivity contribution is -0.141. The Bertz CT molecular complexity index is 360. The van der Waals surface area contributed by atoms with Crippen LogP contribution in [0.25, 0.3) is 0 Å². The lowest BCUT2D eigenvalue weighted by Crippen LogP contribution is -2.00. The summed E-state index contributed by atoms with van der Waals surface area (Å²) in [5.74, 6) is -0.181. The van der Waals surface area contributed by atoms with Crippen molar-refractivity contribution in [1.29, 1.82) is 0 Å². The molecule has 0 saturated heterocycles. The van der Waals surface area contributed by atoms with E-state index in [9.17, 15) is 9.59 Å². The van der Waals surface area contributed by atoms with E-state index in [1.165, 1.54) is 84.8 Å². The first-order chi connectivity index (χ1) is 13.1. The van der Waals surface area contributed by atoms with Gasteiger partial charge in [0.1, 0.15) is 0 Å². The van der Waals surface area contributed by atoms with E-state index in [2.05, 4.69) is 9.47 Å². The number of ether oxygens (including phenoxy) is 2. The summed E-state index contributed by atoms with van der Waals surface area (Å²) in [6.07, 6.45) is 19.1. The molecule has 5 heteroatoms. The van der Waals surface area contributed by atoms with Gasteiger partial charge in [-0.15, -0.1) is 0 Å². The van der Waals surface area contributed by atoms with Gasteiger partial charge in [0.05, 0.1) is 14.2 Å². The molecule has 0 radical (unpaired) electrons. The summed E-state index contributed by atoms with van der Waals surface area (Å²) >= 11 is 4.73. The van der Waals surface area contributed by atoms with Crippen molar-refractivity contribution in [1.82, 2.24) is 0 Å². The summed E-state index contributed by atoms with van der Waals surface area (Å²) in [7, 11) is 2.90. The highest BCUT2D eigenvalue weighted by atomic mass is 32.1. The van der Waals surface area contributed by atoms with E-state index in [-0.39, 0.29) is 11.9 Å². The highest BCUT2D eigenvalue weighted by molar-refractivity contribution is 7.80. The van der Waals surface area contributed by atoms with Crippen LogP contribution in [0.5, 0.6) is 0 Å². The van der Waals surface area contributed by atoms with Crippen molar-refractivity contribution in [3.05, 3.63) is 0 Å². The molecule has 0 amide bonds. The zero-order chi connectivity index (χ0) is 20.2. The first-order valence-corrected chi connectivity index (χ1v) is 11.4. The predicted molar refractivity (Wildman–Crippen MR) is 115 cm³/mol. The second-order valence-corrected chi connectivity index (χ2v) is 8.21. The molecule has 4 nitrogen and oxygen atoms in total. The Morgan fingerprint density at radius 1 is 0.593 bits per heavy atom. The molecule has 0 aromatic heterocycles. The fraction of sp³-hybridized carbons (Fsp3) is 0.909. The van der Waals surface area contributed by atoms with Gasteiger partial charge in [0, 0.05) is 18.1 Å². The van der Waals surface area contributed by atoms with Crippen LogP contribution in [0.3, 0.4) is 0 Å². The Labute approximate surface area is 172 Å². The Kier molecular flexibility index (Phi) is 19.5. The van der Waals surface area contributed by atoms with Crippen LogP contribution in [0.2, 0.25) is 0 Å². The fourth-order valence-electron chi connectivity index (χ4n) is 3.24. The monoisotopic (exact) mass is 402 g/mol. The number of esters is 2. The van der Waals surface area contributed by atoms with Crippen LogP contribution in [-0.2, 0) is 19.1 Å². The average molecular weight is 403 g/mol. The van der Waals surface area contributed by atoms with Gasteiger partial charge in [0.15, 0.2) is 0 Å². The van der Waals surface area contributed by atoms with Crippen molar-refractivity contribution in [2.24, 2.45) is 0 Å². The Balaban J connectivity index is 3.23. The maximum absolute atomic E-state index is 11.0. The van der Waals surface area contributed by atoms with Crippen LogP contribution < -0.4 is 0 Å². The maximum atomic E-state index is 11.0. The summed E-state index contributed by atoms with van der Waals surface area (Å²) in [4.78, 5) is 22.0. The van der Waals surface area contributed by atoms with Crippen molar-refractivity contribution in [3.63, 3.8) is 0 Å². The van der Waals surface area contributed by atoms with Gasteiger partial charge in [-0.3, -0.25) is 9.59 Å². The molecule has 0 bridgehead atoms. The molecule has 1 unspecified atom stereocenters. The van der Waals surface area contributed by atoms with E-state index in [1.807, 2.05) is 0 Å². The first kappa shape index (κ1) is 26.3. The third kappa shape index (κ3) is 19.8. The minimum absolute atomic E-state index is 0.0895. The van der Waals surface area contributed by atoms with Crippen molar-refractivity contribution >= 4 is 24.6 Å². The highest BCUT2D eigenvalue weighted by Gasteiger charge is 2.04. The van der Waals surface area contributed by atoms with Crippen LogP contribution in [0.1, 0.15) is 109 Å². The van der Waals surface area contributed by atoms with Crippen LogP contribution >= 0.6 is 12.6 Å². The van der Waals surface area contributed by atoms with Gasteiger partial charge in [-0.1, -0.05) is 70.6 Å². The number of methoxy groups -OCH3 is 2. The van der Waals surface area contributed by atoms with Crippen LogP contribution in [0.15, 0.2) is 0 Å². The molecule has 0 spiro atoms. The van der Waals surface area contributed by atoms with Gasteiger partial charge >= 0.3 is 11.9 Å². The summed E-state index contributed by atoms with van der Waals surface area (Å²) in [5, 5.41) is 0.546. The van der Waals surface area contributed by atoms with E-state index in [1.54, 1.807) is 0 Å². The molecular formula is C22H42O4S. The van der Waals surface area contributed by atoms with Crippen molar-refractivity contribution in [2.75, 3.05) is 14.2 Å². The largest absolute Gasteiger partial charge is 0.469 e. The van der Waals surface area contributed by atoms with E-state index in [4.69, 9.17) is 12.6 Å². The van der Waals surface area contributed by atoms with Crippen molar-refractivity contribution in [2.45, 2.75) is 114 Å². The van der Waals surface area contributed by atoms with Gasteiger partial charge in [-0.2, -0.15) is 12.6 Å². The molecule has 160 valence electrons. The first-order valence-electron chi connectivity index (χ1n) is 10.9. The smallest absolute Gasteiger partial charge is 0.305 e. The maximum Gasteiger partial charge on any atom is 0.305 e. The van der Waals surface area contributed by atoms with Gasteiger partial charge in [0.25, 0.3) is 0 Å². The number of carbonyl (C=O) groups is 2. The molecule has 0 aliphatic carbocycles. The van der Waals surface area contributed by atoms with Crippen LogP contribution in [0, 0.1) is 0 Å². The molecule has 27 heavy (non-hydrogen) atoms. The summed E-state index contributed by atoms with van der Waals surface area (Å²) in [6, 6.07) is 0. The highest BCUT2D eigenvalue weighted by Crippen LogP contribution is 2.18. The molecular weight excluding hydrogens is 360 g/mol. The molecule has 0 saturated carbocycles. The minimum atomic E-state index is -0.0912. The Hall–Kier alpha value is -0.710. The zero-order valence-corrected chi connectivity index (χ0v) is 18.6. The SMILES string of the molecule is COC(=O)CCCCCCCCCC(S)CCCCCCCCC(=O)OC. The summed E-state index contributed by atoms with van der Waals surface area (Å²) in [5.41, 5.74) is 0. The standard InChI is InChI=1S/C22H42O4S/c1-25-21(23)18-14-10-5-3-4-8-12-16-20(27)17-13-9-6-7-11-15-19-22(24)26-2/h20,27H,3-19H2,1-2H3. The fourth-order valence-corrected chi connectivity index (χ4v) is 3.60. The second kappa shape index (κ2) is 20.0. The Morgan fingerprint density at radius 2 is 0.889 bits per heavy atom. The number of carbonyl (C=O) groups excluding carboxylic acids is 2. The quantitative estimate of drug-likeness (QED) is 0.157. The zero-order valence-electron chi connectivity index (χ0n) is 17.7. The molecule has 0 aliphatic rings. The number of hydrogen-bond donors (Lipinski definition) is 1. The summed E-state index contributed by atoms with van der Waals surface area (Å²) < 4.78 is 9.28. The van der Waals surface area contributed by atoms with Crippen LogP contribution in [0.4, 0.5) is 0 Å². The average Bonchev–Trinajstić information content (AvgIpc) is 2.68. The molecule has 0 fully saturated rings. The van der Waals surface area contributed by atoms with E-state index >= 15 is 0 Å². The lowest BCUT2D eigenvalue weighted by Gasteiger charge is -2.10. The number of thiol groups is 1. The summed E-state index contributed by atoms with van der Waals surface area (Å²) in [6.45, 7) is 0. The number of hydrogen-bond acceptors (Lipinski definition) is 5. The van der Waals surface area contributed by atoms with Gasteiger partial charge in [-0.25, -0.2) is 0 Å². The van der Waals surface area contributed by atoms with E-state index < -0.39 is 0 Å². The van der Waals surface area contributed by atoms with Gasteiger partial charge < -0.3 is 9.47 Å². The Morgan fingerprint density at radius 3 is 1.22 bits per heavy atom. The van der Waals surface area contributed by atoms with Crippen molar-refractivity contribution in [3.8, 4) is 0 Å². The molecule has 1 atom stereocenters. The molecule has 0 heterocycles. The molecule has 0 aromatic carbocycles. The predicted octanol–water partition coefficient (Wildman–Crippen LogP) is 6.26. The third-order valence-corrected chi connectivity index (χ3v) is 5.56. The lowest BCUT2D eigenvalue weighted by atomic mass is 10.0. The van der Waals surface area contributed by atoms with E-state index in [0.717, 1.165) is 25.7 Å². The topological polar surface area (TPSA) is 52.6 Å². The number of rotatable bonds is 19. The van der Waals surface area contributed by atoms with Gasteiger partial charge in [0.2, 0.25) is 0 Å². The molecule has 0 aromatic rings. The third-order valence-electron chi connectivity index (χ3n) is 5.04. The van der Waals surface area contributed by atoms with E-state index in [0.29, 0.717) is 18.1 Å². The normalized spacial score (nSPS) is 12.0. The van der Waals surface area contributed by atoms with Crippen molar-refractivity contribution < 1.29 is 19.1 Å². The van der Waals surface area contributed by atoms with Crippen LogP contribution in [-0.4, -0.2) is 31.4 Å². The van der Waals surface area contributed by atoms with Gasteiger partial charge in [-0.05, 0) is 25.7 Å². The minimum Gasteiger partial charge on any atom is -0.469 e. The molecule has 0 rings (SSSR count). The second-order valence-electron chi connectivity index (χ2n) is 7.48.